The molecule has 1 aliphatic heterocycles. The summed E-state index contributed by atoms with van der Waals surface area (Å²) in [5.74, 6) is 0.484. The van der Waals surface area contributed by atoms with E-state index in [0.29, 0.717) is 37.7 Å². The van der Waals surface area contributed by atoms with Gasteiger partial charge in [0.05, 0.1) is 10.6 Å². The van der Waals surface area contributed by atoms with Gasteiger partial charge in [-0.15, -0.1) is 0 Å². The van der Waals surface area contributed by atoms with Crippen LogP contribution in [0.25, 0.3) is 5.69 Å². The molecule has 3 aromatic rings. The molecule has 0 amide bonds. The normalized spacial score (nSPS) is 15.4. The number of ketones is 1. The largest absolute Gasteiger partial charge is 0.337 e. The summed E-state index contributed by atoms with van der Waals surface area (Å²) in [5.41, 5.74) is 1.33. The predicted octanol–water partition coefficient (Wildman–Crippen LogP) is 1.38. The molecule has 0 aliphatic carbocycles. The first-order valence-corrected chi connectivity index (χ1v) is 10.6. The number of benzene rings is 2. The second-order valence-electron chi connectivity index (χ2n) is 6.70. The van der Waals surface area contributed by atoms with Gasteiger partial charge in [0.25, 0.3) is 0 Å². The minimum atomic E-state index is -3.62. The van der Waals surface area contributed by atoms with Gasteiger partial charge in [0.15, 0.2) is 5.78 Å². The molecular formula is C19H20N6O3S. The topological polar surface area (TPSA) is 101 Å². The molecule has 9 nitrogen and oxygen atoms in total. The molecule has 4 rings (SSSR count). The lowest BCUT2D eigenvalue weighted by Gasteiger charge is -2.34. The van der Waals surface area contributed by atoms with Gasteiger partial charge in [-0.2, -0.15) is 8.99 Å². The van der Waals surface area contributed by atoms with Crippen LogP contribution in [0.3, 0.4) is 0 Å². The highest BCUT2D eigenvalue weighted by Gasteiger charge is 2.30. The summed E-state index contributed by atoms with van der Waals surface area (Å²) in [6, 6.07) is 15.6. The van der Waals surface area contributed by atoms with Crippen molar-refractivity contribution in [2.45, 2.75) is 11.8 Å². The number of nitrogens with zero attached hydrogens (tertiary/aromatic N) is 6. The van der Waals surface area contributed by atoms with Crippen molar-refractivity contribution in [2.24, 2.45) is 0 Å². The fraction of sp³-hybridized carbons (Fsp3) is 0.263. The molecule has 1 saturated heterocycles. The Morgan fingerprint density at radius 2 is 1.59 bits per heavy atom. The Morgan fingerprint density at radius 3 is 2.21 bits per heavy atom. The molecule has 0 N–H and O–H groups in total. The van der Waals surface area contributed by atoms with E-state index in [9.17, 15) is 13.2 Å². The van der Waals surface area contributed by atoms with Crippen molar-refractivity contribution in [2.75, 3.05) is 31.1 Å². The van der Waals surface area contributed by atoms with Gasteiger partial charge in [0.2, 0.25) is 16.0 Å². The first-order valence-electron chi connectivity index (χ1n) is 9.17. The van der Waals surface area contributed by atoms with Crippen molar-refractivity contribution in [3.8, 4) is 5.69 Å². The first kappa shape index (κ1) is 19.2. The molecule has 0 spiro atoms. The molecular weight excluding hydrogens is 392 g/mol. The number of piperazine rings is 1. The standard InChI is InChI=1S/C19H20N6O3S/c1-15(26)16-7-9-18(10-8-16)29(27,28)24-13-11-23(12-14-24)19-20-21-22-25(19)17-5-3-2-4-6-17/h2-10H,11-14H2,1H3. The first-order chi connectivity index (χ1) is 14.0. The molecule has 2 heterocycles. The molecule has 1 aliphatic rings. The van der Waals surface area contributed by atoms with Crippen LogP contribution in [0.15, 0.2) is 59.5 Å². The van der Waals surface area contributed by atoms with Gasteiger partial charge in [-0.1, -0.05) is 35.4 Å². The van der Waals surface area contributed by atoms with Gasteiger partial charge < -0.3 is 4.90 Å². The van der Waals surface area contributed by atoms with Gasteiger partial charge in [0.1, 0.15) is 0 Å². The van der Waals surface area contributed by atoms with Crippen molar-refractivity contribution in [3.05, 3.63) is 60.2 Å². The minimum Gasteiger partial charge on any atom is -0.337 e. The van der Waals surface area contributed by atoms with E-state index >= 15 is 0 Å². The van der Waals surface area contributed by atoms with Gasteiger partial charge in [-0.3, -0.25) is 4.79 Å². The van der Waals surface area contributed by atoms with E-state index < -0.39 is 10.0 Å². The maximum absolute atomic E-state index is 12.9. The number of para-hydroxylation sites is 1. The number of aromatic nitrogens is 4. The van der Waals surface area contributed by atoms with E-state index in [1.807, 2.05) is 35.2 Å². The monoisotopic (exact) mass is 412 g/mol. The van der Waals surface area contributed by atoms with Crippen molar-refractivity contribution >= 4 is 21.8 Å². The fourth-order valence-corrected chi connectivity index (χ4v) is 4.68. The molecule has 10 heteroatoms. The quantitative estimate of drug-likeness (QED) is 0.584. The van der Waals surface area contributed by atoms with Gasteiger partial charge in [-0.05, 0) is 41.6 Å². The van der Waals surface area contributed by atoms with E-state index in [4.69, 9.17) is 0 Å². The lowest BCUT2D eigenvalue weighted by atomic mass is 10.2. The Bertz CT molecular complexity index is 1100. The number of anilines is 1. The maximum atomic E-state index is 12.9. The summed E-state index contributed by atoms with van der Waals surface area (Å²) >= 11 is 0. The van der Waals surface area contributed by atoms with Crippen molar-refractivity contribution in [1.29, 1.82) is 0 Å². The van der Waals surface area contributed by atoms with Crippen molar-refractivity contribution < 1.29 is 13.2 Å². The summed E-state index contributed by atoms with van der Waals surface area (Å²) in [6.07, 6.45) is 0. The van der Waals surface area contributed by atoms with Crippen LogP contribution in [0.2, 0.25) is 0 Å². The maximum Gasteiger partial charge on any atom is 0.250 e. The summed E-state index contributed by atoms with van der Waals surface area (Å²) in [4.78, 5) is 13.6. The molecule has 0 saturated carbocycles. The smallest absolute Gasteiger partial charge is 0.250 e. The van der Waals surface area contributed by atoms with Gasteiger partial charge in [-0.25, -0.2) is 8.42 Å². The highest BCUT2D eigenvalue weighted by atomic mass is 32.2. The van der Waals surface area contributed by atoms with E-state index in [1.54, 1.807) is 16.8 Å². The number of tetrazole rings is 1. The van der Waals surface area contributed by atoms with Crippen LogP contribution in [0.1, 0.15) is 17.3 Å². The number of hydrogen-bond acceptors (Lipinski definition) is 7. The zero-order chi connectivity index (χ0) is 20.4. The molecule has 0 bridgehead atoms. The van der Waals surface area contributed by atoms with Crippen LogP contribution in [0.4, 0.5) is 5.95 Å². The van der Waals surface area contributed by atoms with E-state index in [-0.39, 0.29) is 10.7 Å². The average molecular weight is 412 g/mol. The van der Waals surface area contributed by atoms with Crippen molar-refractivity contribution in [1.82, 2.24) is 24.5 Å². The highest BCUT2D eigenvalue weighted by Crippen LogP contribution is 2.21. The third kappa shape index (κ3) is 3.76. The number of hydrogen-bond donors (Lipinski definition) is 0. The summed E-state index contributed by atoms with van der Waals surface area (Å²) in [7, 11) is -3.62. The predicted molar refractivity (Wildman–Crippen MR) is 107 cm³/mol. The Kier molecular flexibility index (Phi) is 5.12. The van der Waals surface area contributed by atoms with Crippen LogP contribution in [0.5, 0.6) is 0 Å². The molecule has 0 atom stereocenters. The third-order valence-corrected chi connectivity index (χ3v) is 6.79. The van der Waals surface area contributed by atoms with Crippen molar-refractivity contribution in [3.63, 3.8) is 0 Å². The fourth-order valence-electron chi connectivity index (χ4n) is 3.26. The molecule has 150 valence electrons. The Hall–Kier alpha value is -3.11. The lowest BCUT2D eigenvalue weighted by Crippen LogP contribution is -2.49. The second kappa shape index (κ2) is 7.72. The molecule has 29 heavy (non-hydrogen) atoms. The number of rotatable bonds is 5. The Morgan fingerprint density at radius 1 is 0.931 bits per heavy atom. The number of carbonyl (C=O) groups is 1. The van der Waals surface area contributed by atoms with E-state index in [2.05, 4.69) is 15.5 Å². The average Bonchev–Trinajstić information content (AvgIpc) is 3.24. The SMILES string of the molecule is CC(=O)c1ccc(S(=O)(=O)N2CCN(c3nnnn3-c3ccccc3)CC2)cc1. The van der Waals surface area contributed by atoms with E-state index in [0.717, 1.165) is 5.69 Å². The molecule has 2 aromatic carbocycles. The summed E-state index contributed by atoms with van der Waals surface area (Å²) in [5, 5.41) is 11.9. The zero-order valence-electron chi connectivity index (χ0n) is 15.8. The third-order valence-electron chi connectivity index (χ3n) is 4.87. The number of carbonyl (C=O) groups excluding carboxylic acids is 1. The van der Waals surface area contributed by atoms with Gasteiger partial charge >= 0.3 is 0 Å². The Labute approximate surface area is 168 Å². The van der Waals surface area contributed by atoms with Crippen LogP contribution in [-0.4, -0.2) is 64.9 Å². The molecule has 1 fully saturated rings. The summed E-state index contributed by atoms with van der Waals surface area (Å²) < 4.78 is 28.9. The van der Waals surface area contributed by atoms with Crippen LogP contribution < -0.4 is 4.90 Å². The molecule has 1 aromatic heterocycles. The van der Waals surface area contributed by atoms with Crippen LogP contribution in [-0.2, 0) is 10.0 Å². The zero-order valence-corrected chi connectivity index (χ0v) is 16.7. The van der Waals surface area contributed by atoms with Crippen LogP contribution in [0, 0.1) is 0 Å². The minimum absolute atomic E-state index is 0.0984. The van der Waals surface area contributed by atoms with Gasteiger partial charge in [0, 0.05) is 31.7 Å². The second-order valence-corrected chi connectivity index (χ2v) is 8.64. The van der Waals surface area contributed by atoms with Crippen LogP contribution >= 0.6 is 0 Å². The molecule has 0 unspecified atom stereocenters. The number of Topliss-reactive ketones (excluding diaryl/α,β-unsaturated/α-hetero) is 1. The summed E-state index contributed by atoms with van der Waals surface area (Å²) in [6.45, 7) is 3.03. The lowest BCUT2D eigenvalue weighted by molar-refractivity contribution is 0.101. The highest BCUT2D eigenvalue weighted by molar-refractivity contribution is 7.89. The van der Waals surface area contributed by atoms with E-state index in [1.165, 1.54) is 23.4 Å². The number of sulfonamides is 1. The Balaban J connectivity index is 1.49. The molecule has 0 radical (unpaired) electrons.